The van der Waals surface area contributed by atoms with E-state index >= 15 is 0 Å². The minimum absolute atomic E-state index is 0.0312. The first-order valence-corrected chi connectivity index (χ1v) is 4.99. The van der Waals surface area contributed by atoms with Crippen LogP contribution in [0.2, 0.25) is 0 Å². The van der Waals surface area contributed by atoms with Crippen LogP contribution in [0.5, 0.6) is 0 Å². The van der Waals surface area contributed by atoms with Crippen LogP contribution >= 0.6 is 0 Å². The van der Waals surface area contributed by atoms with Crippen LogP contribution in [-0.4, -0.2) is 24.5 Å². The maximum Gasteiger partial charge on any atom is 0.157 e. The zero-order valence-corrected chi connectivity index (χ0v) is 8.51. The highest BCUT2D eigenvalue weighted by Crippen LogP contribution is 2.21. The molecule has 1 heterocycles. The van der Waals surface area contributed by atoms with Crippen LogP contribution in [0.15, 0.2) is 0 Å². The van der Waals surface area contributed by atoms with Gasteiger partial charge in [0.15, 0.2) is 5.78 Å². The minimum atomic E-state index is -0.661. The van der Waals surface area contributed by atoms with Gasteiger partial charge in [-0.2, -0.15) is 0 Å². The smallest absolute Gasteiger partial charge is 0.157 e. The van der Waals surface area contributed by atoms with Gasteiger partial charge in [-0.25, -0.2) is 0 Å². The second-order valence-corrected chi connectivity index (χ2v) is 4.05. The Morgan fingerprint density at radius 2 is 2.38 bits per heavy atom. The van der Waals surface area contributed by atoms with Crippen LogP contribution in [0.25, 0.3) is 0 Å². The summed E-state index contributed by atoms with van der Waals surface area (Å²) in [6.07, 6.45) is 2.62. The molecule has 0 radical (unpaired) electrons. The molecule has 2 N–H and O–H groups in total. The van der Waals surface area contributed by atoms with E-state index in [9.17, 15) is 4.79 Å². The number of Topliss-reactive ketones (excluding diaryl/α,β-unsaturated/α-hetero) is 1. The summed E-state index contributed by atoms with van der Waals surface area (Å²) in [7, 11) is 0. The highest BCUT2D eigenvalue weighted by atomic mass is 16.5. The van der Waals surface area contributed by atoms with Gasteiger partial charge in [0.05, 0.1) is 12.1 Å². The van der Waals surface area contributed by atoms with Crippen LogP contribution in [-0.2, 0) is 9.53 Å². The second-order valence-electron chi connectivity index (χ2n) is 4.05. The molecule has 0 aliphatic carbocycles. The SMILES string of the molecule is CCC(C)(N)C(=O)C1CCCOC1. The Morgan fingerprint density at radius 3 is 2.85 bits per heavy atom. The number of hydrogen-bond donors (Lipinski definition) is 1. The normalized spacial score (nSPS) is 28.1. The zero-order chi connectivity index (χ0) is 9.90. The van der Waals surface area contributed by atoms with Crippen LogP contribution in [0.3, 0.4) is 0 Å². The number of rotatable bonds is 3. The van der Waals surface area contributed by atoms with Crippen LogP contribution in [0.1, 0.15) is 33.1 Å². The molecular weight excluding hydrogens is 166 g/mol. The molecule has 0 bridgehead atoms. The van der Waals surface area contributed by atoms with E-state index in [0.29, 0.717) is 13.0 Å². The van der Waals surface area contributed by atoms with Crippen molar-refractivity contribution in [2.45, 2.75) is 38.6 Å². The monoisotopic (exact) mass is 185 g/mol. The third kappa shape index (κ3) is 2.51. The molecule has 3 heteroatoms. The van der Waals surface area contributed by atoms with Crippen molar-refractivity contribution in [1.82, 2.24) is 0 Å². The van der Waals surface area contributed by atoms with Gasteiger partial charge in [-0.15, -0.1) is 0 Å². The first-order valence-electron chi connectivity index (χ1n) is 4.99. The predicted octanol–water partition coefficient (Wildman–Crippen LogP) is 1.11. The standard InChI is InChI=1S/C10H19NO2/c1-3-10(2,11)9(12)8-5-4-6-13-7-8/h8H,3-7,11H2,1-2H3. The minimum Gasteiger partial charge on any atom is -0.381 e. The first-order chi connectivity index (χ1) is 6.08. The van der Waals surface area contributed by atoms with Crippen LogP contribution < -0.4 is 5.73 Å². The van der Waals surface area contributed by atoms with Crippen molar-refractivity contribution in [2.24, 2.45) is 11.7 Å². The summed E-state index contributed by atoms with van der Waals surface area (Å²) in [5, 5.41) is 0. The van der Waals surface area contributed by atoms with Crippen LogP contribution in [0.4, 0.5) is 0 Å². The lowest BCUT2D eigenvalue weighted by atomic mass is 9.83. The topological polar surface area (TPSA) is 52.3 Å². The molecule has 0 spiro atoms. The number of carbonyl (C=O) groups is 1. The van der Waals surface area contributed by atoms with Gasteiger partial charge in [0.1, 0.15) is 0 Å². The second kappa shape index (κ2) is 4.20. The fourth-order valence-corrected chi connectivity index (χ4v) is 1.59. The van der Waals surface area contributed by atoms with Gasteiger partial charge in [0, 0.05) is 12.5 Å². The average molecular weight is 185 g/mol. The van der Waals surface area contributed by atoms with Gasteiger partial charge in [-0.05, 0) is 26.2 Å². The molecule has 1 aliphatic heterocycles. The van der Waals surface area contributed by atoms with Crippen molar-refractivity contribution in [2.75, 3.05) is 13.2 Å². The lowest BCUT2D eigenvalue weighted by Crippen LogP contribution is -2.49. The Morgan fingerprint density at radius 1 is 1.69 bits per heavy atom. The summed E-state index contributed by atoms with van der Waals surface area (Å²) < 4.78 is 5.27. The molecule has 2 unspecified atom stereocenters. The molecule has 0 aromatic rings. The largest absolute Gasteiger partial charge is 0.381 e. The quantitative estimate of drug-likeness (QED) is 0.716. The van der Waals surface area contributed by atoms with Crippen molar-refractivity contribution in [3.05, 3.63) is 0 Å². The summed E-state index contributed by atoms with van der Waals surface area (Å²) in [5.74, 6) is 0.193. The Balaban J connectivity index is 2.55. The van der Waals surface area contributed by atoms with E-state index in [4.69, 9.17) is 10.5 Å². The number of nitrogens with two attached hydrogens (primary N) is 1. The zero-order valence-electron chi connectivity index (χ0n) is 8.51. The summed E-state index contributed by atoms with van der Waals surface area (Å²) in [4.78, 5) is 11.8. The molecule has 76 valence electrons. The fourth-order valence-electron chi connectivity index (χ4n) is 1.59. The van der Waals surface area contributed by atoms with Crippen molar-refractivity contribution >= 4 is 5.78 Å². The lowest BCUT2D eigenvalue weighted by molar-refractivity contribution is -0.131. The molecule has 1 rings (SSSR count). The highest BCUT2D eigenvalue weighted by Gasteiger charge is 2.33. The predicted molar refractivity (Wildman–Crippen MR) is 51.4 cm³/mol. The third-order valence-electron chi connectivity index (χ3n) is 2.83. The van der Waals surface area contributed by atoms with Crippen molar-refractivity contribution < 1.29 is 9.53 Å². The number of hydrogen-bond acceptors (Lipinski definition) is 3. The lowest BCUT2D eigenvalue weighted by Gasteiger charge is -2.29. The molecule has 0 amide bonds. The van der Waals surface area contributed by atoms with Crippen molar-refractivity contribution in [1.29, 1.82) is 0 Å². The van der Waals surface area contributed by atoms with Gasteiger partial charge in [-0.1, -0.05) is 6.92 Å². The van der Waals surface area contributed by atoms with E-state index in [0.717, 1.165) is 19.4 Å². The van der Waals surface area contributed by atoms with E-state index in [-0.39, 0.29) is 11.7 Å². The fraction of sp³-hybridized carbons (Fsp3) is 0.900. The van der Waals surface area contributed by atoms with Gasteiger partial charge in [0.2, 0.25) is 0 Å². The average Bonchev–Trinajstić information content (AvgIpc) is 2.18. The van der Waals surface area contributed by atoms with Gasteiger partial charge < -0.3 is 10.5 Å². The summed E-state index contributed by atoms with van der Waals surface area (Å²) >= 11 is 0. The summed E-state index contributed by atoms with van der Waals surface area (Å²) in [5.41, 5.74) is 5.22. The maximum absolute atomic E-state index is 11.8. The summed E-state index contributed by atoms with van der Waals surface area (Å²) in [6.45, 7) is 5.11. The summed E-state index contributed by atoms with van der Waals surface area (Å²) in [6, 6.07) is 0. The molecular formula is C10H19NO2. The van der Waals surface area contributed by atoms with Gasteiger partial charge in [-0.3, -0.25) is 4.79 Å². The maximum atomic E-state index is 11.8. The molecule has 2 atom stereocenters. The Labute approximate surface area is 79.6 Å². The first kappa shape index (κ1) is 10.7. The van der Waals surface area contributed by atoms with E-state index in [1.807, 2.05) is 13.8 Å². The van der Waals surface area contributed by atoms with E-state index in [1.54, 1.807) is 0 Å². The van der Waals surface area contributed by atoms with Crippen molar-refractivity contribution in [3.63, 3.8) is 0 Å². The highest BCUT2D eigenvalue weighted by molar-refractivity contribution is 5.89. The van der Waals surface area contributed by atoms with E-state index in [1.165, 1.54) is 0 Å². The number of carbonyl (C=O) groups excluding carboxylic acids is 1. The van der Waals surface area contributed by atoms with Crippen LogP contribution in [0, 0.1) is 5.92 Å². The van der Waals surface area contributed by atoms with Crippen molar-refractivity contribution in [3.8, 4) is 0 Å². The number of ketones is 1. The van der Waals surface area contributed by atoms with E-state index in [2.05, 4.69) is 0 Å². The van der Waals surface area contributed by atoms with Gasteiger partial charge in [0.25, 0.3) is 0 Å². The molecule has 0 saturated carbocycles. The molecule has 0 aromatic carbocycles. The molecule has 1 aliphatic rings. The Bertz CT molecular complexity index is 183. The molecule has 1 saturated heterocycles. The Hall–Kier alpha value is -0.410. The third-order valence-corrected chi connectivity index (χ3v) is 2.83. The van der Waals surface area contributed by atoms with E-state index < -0.39 is 5.54 Å². The Kier molecular flexibility index (Phi) is 3.45. The molecule has 0 aromatic heterocycles. The molecule has 3 nitrogen and oxygen atoms in total. The number of ether oxygens (including phenoxy) is 1. The molecule has 13 heavy (non-hydrogen) atoms. The van der Waals surface area contributed by atoms with Gasteiger partial charge >= 0.3 is 0 Å². The molecule has 1 fully saturated rings.